The molecule has 0 heterocycles. The first-order chi connectivity index (χ1) is 10.5. The fraction of sp³-hybridized carbons (Fsp3) is 0.0667. The molecule has 0 fully saturated rings. The maximum absolute atomic E-state index is 12.0. The zero-order chi connectivity index (χ0) is 16.1. The lowest BCUT2D eigenvalue weighted by molar-refractivity contribution is -0.384. The molecule has 0 bridgehead atoms. The van der Waals surface area contributed by atoms with Crippen LogP contribution in [0.3, 0.4) is 0 Å². The zero-order valence-corrected chi connectivity index (χ0v) is 11.4. The van der Waals surface area contributed by atoms with E-state index in [2.05, 4.69) is 0 Å². The van der Waals surface area contributed by atoms with Gasteiger partial charge in [-0.2, -0.15) is 5.26 Å². The summed E-state index contributed by atoms with van der Waals surface area (Å²) in [7, 11) is 0. The standard InChI is InChI=1S/C15H11N3O4/c16-8-10-2-1-3-11(6-10)9-22-15(19)13-7-12(18(20)21)4-5-14(13)17/h1-7H,9,17H2. The molecular formula is C15H11N3O4. The Morgan fingerprint density at radius 2 is 2.09 bits per heavy atom. The van der Waals surface area contributed by atoms with Crippen molar-refractivity contribution in [3.8, 4) is 6.07 Å². The molecule has 0 aliphatic carbocycles. The van der Waals surface area contributed by atoms with Gasteiger partial charge in [0.15, 0.2) is 0 Å². The zero-order valence-electron chi connectivity index (χ0n) is 11.4. The summed E-state index contributed by atoms with van der Waals surface area (Å²) in [5, 5.41) is 19.5. The number of non-ortho nitro benzene ring substituents is 1. The van der Waals surface area contributed by atoms with E-state index in [1.54, 1.807) is 24.3 Å². The number of anilines is 1. The van der Waals surface area contributed by atoms with Gasteiger partial charge in [0.1, 0.15) is 6.61 Å². The van der Waals surface area contributed by atoms with Gasteiger partial charge in [-0.3, -0.25) is 10.1 Å². The van der Waals surface area contributed by atoms with E-state index in [1.807, 2.05) is 6.07 Å². The Bertz CT molecular complexity index is 781. The maximum Gasteiger partial charge on any atom is 0.340 e. The third-order valence-corrected chi connectivity index (χ3v) is 2.89. The summed E-state index contributed by atoms with van der Waals surface area (Å²) >= 11 is 0. The van der Waals surface area contributed by atoms with Crippen molar-refractivity contribution < 1.29 is 14.5 Å². The summed E-state index contributed by atoms with van der Waals surface area (Å²) in [6, 6.07) is 12.1. The van der Waals surface area contributed by atoms with Crippen LogP contribution in [-0.2, 0) is 11.3 Å². The third-order valence-electron chi connectivity index (χ3n) is 2.89. The summed E-state index contributed by atoms with van der Waals surface area (Å²) in [5.74, 6) is -0.761. The van der Waals surface area contributed by atoms with Crippen LogP contribution in [0.25, 0.3) is 0 Å². The highest BCUT2D eigenvalue weighted by atomic mass is 16.6. The average Bonchev–Trinajstić information content (AvgIpc) is 2.53. The van der Waals surface area contributed by atoms with E-state index in [1.165, 1.54) is 12.1 Å². The number of rotatable bonds is 4. The van der Waals surface area contributed by atoms with E-state index >= 15 is 0 Å². The lowest BCUT2D eigenvalue weighted by Gasteiger charge is -2.07. The molecule has 7 heteroatoms. The number of carbonyl (C=O) groups excluding carboxylic acids is 1. The van der Waals surface area contributed by atoms with Crippen LogP contribution in [0.15, 0.2) is 42.5 Å². The Balaban J connectivity index is 2.14. The highest BCUT2D eigenvalue weighted by molar-refractivity contribution is 5.95. The second-order valence-electron chi connectivity index (χ2n) is 4.42. The Morgan fingerprint density at radius 3 is 2.77 bits per heavy atom. The molecule has 0 unspecified atom stereocenters. The molecule has 0 atom stereocenters. The lowest BCUT2D eigenvalue weighted by Crippen LogP contribution is -2.09. The largest absolute Gasteiger partial charge is 0.457 e. The van der Waals surface area contributed by atoms with Gasteiger partial charge in [-0.25, -0.2) is 4.79 Å². The number of nitrogen functional groups attached to an aromatic ring is 1. The number of hydrogen-bond acceptors (Lipinski definition) is 6. The average molecular weight is 297 g/mol. The second-order valence-corrected chi connectivity index (χ2v) is 4.42. The molecule has 7 nitrogen and oxygen atoms in total. The van der Waals surface area contributed by atoms with Crippen molar-refractivity contribution in [2.75, 3.05) is 5.73 Å². The molecular weight excluding hydrogens is 286 g/mol. The Labute approximate surface area is 125 Å². The second kappa shape index (κ2) is 6.37. The minimum atomic E-state index is -0.761. The molecule has 0 aromatic heterocycles. The molecule has 2 aromatic rings. The number of nitrogens with two attached hydrogens (primary N) is 1. The van der Waals surface area contributed by atoms with Crippen molar-refractivity contribution in [2.45, 2.75) is 6.61 Å². The summed E-state index contributed by atoms with van der Waals surface area (Å²) in [4.78, 5) is 22.1. The van der Waals surface area contributed by atoms with Crippen molar-refractivity contribution in [2.24, 2.45) is 0 Å². The van der Waals surface area contributed by atoms with Crippen LogP contribution in [0.2, 0.25) is 0 Å². The smallest absolute Gasteiger partial charge is 0.340 e. The normalized spacial score (nSPS) is 9.77. The Morgan fingerprint density at radius 1 is 1.32 bits per heavy atom. The Hall–Kier alpha value is -3.40. The maximum atomic E-state index is 12.0. The van der Waals surface area contributed by atoms with E-state index in [4.69, 9.17) is 15.7 Å². The number of carbonyl (C=O) groups is 1. The summed E-state index contributed by atoms with van der Waals surface area (Å²) in [6.45, 7) is -0.0590. The van der Waals surface area contributed by atoms with Gasteiger partial charge in [-0.05, 0) is 23.8 Å². The fourth-order valence-electron chi connectivity index (χ4n) is 1.79. The van der Waals surface area contributed by atoms with Gasteiger partial charge in [0, 0.05) is 17.8 Å². The van der Waals surface area contributed by atoms with Crippen molar-refractivity contribution in [3.63, 3.8) is 0 Å². The topological polar surface area (TPSA) is 119 Å². The van der Waals surface area contributed by atoms with Crippen molar-refractivity contribution >= 4 is 17.3 Å². The van der Waals surface area contributed by atoms with Gasteiger partial charge < -0.3 is 10.5 Å². The van der Waals surface area contributed by atoms with E-state index in [0.29, 0.717) is 11.1 Å². The van der Waals surface area contributed by atoms with Crippen LogP contribution in [0.1, 0.15) is 21.5 Å². The summed E-state index contributed by atoms with van der Waals surface area (Å²) < 4.78 is 5.08. The van der Waals surface area contributed by atoms with Crippen LogP contribution < -0.4 is 5.73 Å². The number of ether oxygens (including phenoxy) is 1. The highest BCUT2D eigenvalue weighted by Crippen LogP contribution is 2.21. The van der Waals surface area contributed by atoms with Crippen LogP contribution in [0.5, 0.6) is 0 Å². The van der Waals surface area contributed by atoms with E-state index in [-0.39, 0.29) is 23.5 Å². The minimum absolute atomic E-state index is 0.0590. The number of nitro benzene ring substituents is 1. The summed E-state index contributed by atoms with van der Waals surface area (Å²) in [6.07, 6.45) is 0. The Kier molecular flexibility index (Phi) is 4.34. The number of hydrogen-bond donors (Lipinski definition) is 1. The van der Waals surface area contributed by atoms with Crippen molar-refractivity contribution in [1.82, 2.24) is 0 Å². The molecule has 0 saturated heterocycles. The molecule has 22 heavy (non-hydrogen) atoms. The molecule has 0 spiro atoms. The molecule has 0 saturated carbocycles. The van der Waals surface area contributed by atoms with Gasteiger partial charge in [0.25, 0.3) is 5.69 Å². The molecule has 0 amide bonds. The number of nitrogens with zero attached hydrogens (tertiary/aromatic N) is 2. The van der Waals surface area contributed by atoms with Gasteiger partial charge in [0.2, 0.25) is 0 Å². The van der Waals surface area contributed by atoms with Crippen LogP contribution >= 0.6 is 0 Å². The summed E-state index contributed by atoms with van der Waals surface area (Å²) in [5.41, 5.74) is 6.51. The minimum Gasteiger partial charge on any atom is -0.457 e. The monoisotopic (exact) mass is 297 g/mol. The predicted molar refractivity (Wildman–Crippen MR) is 77.8 cm³/mol. The fourth-order valence-corrected chi connectivity index (χ4v) is 1.79. The van der Waals surface area contributed by atoms with Gasteiger partial charge in [-0.15, -0.1) is 0 Å². The first-order valence-electron chi connectivity index (χ1n) is 6.21. The van der Waals surface area contributed by atoms with E-state index in [9.17, 15) is 14.9 Å². The number of nitriles is 1. The molecule has 0 aliphatic rings. The van der Waals surface area contributed by atoms with Gasteiger partial charge in [0.05, 0.1) is 22.1 Å². The highest BCUT2D eigenvalue weighted by Gasteiger charge is 2.16. The SMILES string of the molecule is N#Cc1cccc(COC(=O)c2cc([N+](=O)[O-])ccc2N)c1. The van der Waals surface area contributed by atoms with E-state index < -0.39 is 10.9 Å². The molecule has 2 aromatic carbocycles. The van der Waals surface area contributed by atoms with Crippen LogP contribution in [-0.4, -0.2) is 10.9 Å². The first-order valence-corrected chi connectivity index (χ1v) is 6.21. The molecule has 110 valence electrons. The van der Waals surface area contributed by atoms with Crippen molar-refractivity contribution in [1.29, 1.82) is 5.26 Å². The predicted octanol–water partition coefficient (Wildman–Crippen LogP) is 2.41. The van der Waals surface area contributed by atoms with Crippen molar-refractivity contribution in [3.05, 3.63) is 69.3 Å². The third kappa shape index (κ3) is 3.37. The lowest BCUT2D eigenvalue weighted by atomic mass is 10.1. The van der Waals surface area contributed by atoms with Gasteiger partial charge in [-0.1, -0.05) is 12.1 Å². The number of benzene rings is 2. The number of nitro groups is 1. The molecule has 0 aliphatic heterocycles. The molecule has 2 rings (SSSR count). The van der Waals surface area contributed by atoms with Gasteiger partial charge >= 0.3 is 5.97 Å². The first kappa shape index (κ1) is 15.0. The number of esters is 1. The van der Waals surface area contributed by atoms with Crippen LogP contribution in [0, 0.1) is 21.4 Å². The van der Waals surface area contributed by atoms with E-state index in [0.717, 1.165) is 6.07 Å². The quantitative estimate of drug-likeness (QED) is 0.400. The van der Waals surface area contributed by atoms with Crippen LogP contribution in [0.4, 0.5) is 11.4 Å². The molecule has 0 radical (unpaired) electrons. The molecule has 2 N–H and O–H groups in total.